The van der Waals surface area contributed by atoms with E-state index in [1.165, 1.54) is 0 Å². The van der Waals surface area contributed by atoms with Gasteiger partial charge in [0, 0.05) is 0 Å². The molecule has 0 spiro atoms. The van der Waals surface area contributed by atoms with E-state index in [9.17, 15) is 0 Å². The Morgan fingerprint density at radius 2 is 0.161 bits per heavy atom. The van der Waals surface area contributed by atoms with Gasteiger partial charge in [-0.2, -0.15) is 0 Å². The molecule has 27 nitrogen and oxygen atoms in total. The van der Waals surface area contributed by atoms with Gasteiger partial charge in [-0.15, -0.1) is 0 Å². The van der Waals surface area contributed by atoms with Gasteiger partial charge in [-0.05, 0) is 373 Å². The lowest BCUT2D eigenvalue weighted by molar-refractivity contribution is 0.244. The lowest BCUT2D eigenvalue weighted by Crippen LogP contribution is -2.63. The molecule has 0 fully saturated rings. The van der Waals surface area contributed by atoms with Gasteiger partial charge in [-0.3, -0.25) is 0 Å². The van der Waals surface area contributed by atoms with E-state index in [4.69, 9.17) is 111 Å². The Kier molecular flexibility index (Phi) is 41.3. The topological polar surface area (TPSA) is 249 Å². The minimum Gasteiger partial charge on any atom is -0.440 e. The van der Waals surface area contributed by atoms with E-state index in [-0.39, 0.29) is 0 Å². The van der Waals surface area contributed by atoms with Gasteiger partial charge in [0.2, 0.25) is 0 Å². The second-order valence-electron chi connectivity index (χ2n) is 42.3. The second kappa shape index (κ2) is 39.5. The molecule has 0 N–H and O–H groups in total. The van der Waals surface area contributed by atoms with Gasteiger partial charge in [0.05, 0.1) is 0 Å². The van der Waals surface area contributed by atoms with Crippen molar-refractivity contribution in [1.29, 1.82) is 0 Å². The van der Waals surface area contributed by atoms with Crippen molar-refractivity contribution in [3.05, 3.63) is 0 Å². The molecule has 0 aromatic rings. The largest absolute Gasteiger partial charge is 0.440 e. The Bertz CT molecular complexity index is 2920. The average Bonchev–Trinajstić information content (AvgIpc) is 0.805. The highest BCUT2D eigenvalue weighted by Gasteiger charge is 2.57. The summed E-state index contributed by atoms with van der Waals surface area (Å²) in [5.74, 6) is 0. The summed E-state index contributed by atoms with van der Waals surface area (Å²) >= 11 is 0. The van der Waals surface area contributed by atoms with Crippen molar-refractivity contribution in [2.75, 3.05) is 0 Å². The zero-order valence-electron chi connectivity index (χ0n) is 82.1. The lowest BCUT2D eigenvalue weighted by Gasteiger charge is -2.45. The van der Waals surface area contributed by atoms with E-state index in [0.717, 1.165) is 0 Å². The minimum atomic E-state index is -2.92. The molecule has 0 atom stereocenters. The Balaban J connectivity index is 5.94. The molecule has 0 saturated heterocycles. The van der Waals surface area contributed by atoms with Gasteiger partial charge < -0.3 is 111 Å². The molecule has 0 heterocycles. The van der Waals surface area contributed by atoms with Crippen molar-refractivity contribution >= 4 is 240 Å². The summed E-state index contributed by atoms with van der Waals surface area (Å²) in [6, 6.07) is 0. The van der Waals surface area contributed by atoms with E-state index < -0.39 is 240 Å². The van der Waals surface area contributed by atoms with Gasteiger partial charge in [0.1, 0.15) is 0 Å². The van der Waals surface area contributed by atoms with Crippen LogP contribution in [0.4, 0.5) is 0 Å². The number of hydrogen-bond acceptors (Lipinski definition) is 27. The van der Waals surface area contributed by atoms with Gasteiger partial charge in [0.15, 0.2) is 17.4 Å². The summed E-state index contributed by atoms with van der Waals surface area (Å²) in [7, 11) is -76.2. The third kappa shape index (κ3) is 54.2. The zero-order valence-corrected chi connectivity index (χ0v) is 110. The lowest BCUT2D eigenvalue weighted by atomic mass is 11.8. The molecule has 0 aliphatic carbocycles. The molecule has 0 amide bonds. The standard InChI is InChI=1S/C57H172O27Si28/c1-85(2)58-87(6,7)60-89(10,11)62-91(14,15)64-93(18,19)66-95(22,23)68-97(26,27)70-99(30,31)72-101(34,35)74-103(38,39)76-105(42,43)78-107(46,47)80-109(50,51)82-111(54,55)84-112(56,57)83-110(52,53)81-108(48,49)79-106(44,45)77-104(40,41)75-102(36,37)73-100(32,33)71-98(28,29)69-96(24,25)67-94(20,21)65-92(16,17)63-90(12,13)61-88(8,9)59-86(3,4)5/h85H,1-57H3. The van der Waals surface area contributed by atoms with E-state index in [2.05, 4.69) is 373 Å². The third-order valence-electron chi connectivity index (χ3n) is 13.4. The van der Waals surface area contributed by atoms with Crippen LogP contribution >= 0.6 is 0 Å². The average molecular weight is 2080 g/mol. The highest BCUT2D eigenvalue weighted by molar-refractivity contribution is 6.98. The molecule has 0 aromatic carbocycles. The van der Waals surface area contributed by atoms with Crippen molar-refractivity contribution in [3.8, 4) is 0 Å². The second-order valence-corrected chi connectivity index (χ2v) is 144. The quantitative estimate of drug-likeness (QED) is 0.0513. The molecule has 0 unspecified atom stereocenters. The van der Waals surface area contributed by atoms with Crippen LogP contribution in [0.15, 0.2) is 0 Å². The maximum absolute atomic E-state index is 7.01. The fraction of sp³-hybridized carbons (Fsp3) is 1.00. The molecule has 0 aliphatic rings. The maximum atomic E-state index is 7.01. The highest BCUT2D eigenvalue weighted by atomic mass is 28.6. The molecule has 0 saturated carbocycles. The monoisotopic (exact) mass is 2070 g/mol. The first-order valence-corrected chi connectivity index (χ1v) is 119. The Morgan fingerprint density at radius 3 is 0.223 bits per heavy atom. The van der Waals surface area contributed by atoms with Crippen LogP contribution in [-0.4, -0.2) is 240 Å². The van der Waals surface area contributed by atoms with Gasteiger partial charge >= 0.3 is 223 Å². The highest BCUT2D eigenvalue weighted by Crippen LogP contribution is 2.38. The minimum absolute atomic E-state index is 1.28. The van der Waals surface area contributed by atoms with Gasteiger partial charge in [-0.25, -0.2) is 0 Å². The fourth-order valence-electron chi connectivity index (χ4n) is 16.6. The summed E-state index contributed by atoms with van der Waals surface area (Å²) in [6.45, 7) is 118. The summed E-state index contributed by atoms with van der Waals surface area (Å²) in [4.78, 5) is 0. The van der Waals surface area contributed by atoms with Gasteiger partial charge in [0.25, 0.3) is 0 Å². The molecule has 0 aliphatic heterocycles. The summed E-state index contributed by atoms with van der Waals surface area (Å²) in [6.07, 6.45) is 0. The zero-order chi connectivity index (χ0) is 90.2. The molecular formula is C57H172O27Si28. The Hall–Kier alpha value is 4.99. The van der Waals surface area contributed by atoms with Crippen LogP contribution in [0.2, 0.25) is 373 Å². The molecule has 0 bridgehead atoms. The molecule has 55 heteroatoms. The molecular weight excluding hydrogens is 1900 g/mol. The van der Waals surface area contributed by atoms with Crippen LogP contribution < -0.4 is 0 Å². The smallest absolute Gasteiger partial charge is 0.314 e. The maximum Gasteiger partial charge on any atom is 0.314 e. The van der Waals surface area contributed by atoms with Crippen LogP contribution in [0, 0.1) is 0 Å². The molecule has 0 aromatic heterocycles. The van der Waals surface area contributed by atoms with E-state index in [0.29, 0.717) is 0 Å². The van der Waals surface area contributed by atoms with Crippen molar-refractivity contribution in [2.45, 2.75) is 373 Å². The first-order chi connectivity index (χ1) is 47.8. The van der Waals surface area contributed by atoms with Crippen LogP contribution in [-0.2, 0) is 111 Å². The normalized spacial score (nSPS) is 16.2. The summed E-state index contributed by atoms with van der Waals surface area (Å²) in [5.41, 5.74) is 0. The predicted molar refractivity (Wildman–Crippen MR) is 526 cm³/mol. The molecule has 674 valence electrons. The third-order valence-corrected chi connectivity index (χ3v) is 120. The van der Waals surface area contributed by atoms with Crippen LogP contribution in [0.5, 0.6) is 0 Å². The van der Waals surface area contributed by atoms with Crippen molar-refractivity contribution in [1.82, 2.24) is 0 Å². The van der Waals surface area contributed by atoms with E-state index >= 15 is 0 Å². The van der Waals surface area contributed by atoms with E-state index in [1.807, 2.05) is 0 Å². The number of hydrogen-bond donors (Lipinski definition) is 0. The van der Waals surface area contributed by atoms with Gasteiger partial charge in [-0.1, -0.05) is 0 Å². The van der Waals surface area contributed by atoms with Crippen molar-refractivity contribution < 1.29 is 111 Å². The summed E-state index contributed by atoms with van der Waals surface area (Å²) in [5, 5.41) is 0. The van der Waals surface area contributed by atoms with Crippen molar-refractivity contribution in [3.63, 3.8) is 0 Å². The fourth-order valence-corrected chi connectivity index (χ4v) is 160. The number of rotatable bonds is 54. The van der Waals surface area contributed by atoms with E-state index in [1.54, 1.807) is 0 Å². The predicted octanol–water partition coefficient (Wildman–Crippen LogP) is 20.5. The first kappa shape index (κ1) is 117. The Labute approximate surface area is 717 Å². The van der Waals surface area contributed by atoms with Crippen LogP contribution in [0.1, 0.15) is 0 Å². The SMILES string of the molecule is C[SiH](C)O[Si](C)(C)O[Si](C)(C)O[Si](C)(C)O[Si](C)(C)O[Si](C)(C)O[Si](C)(C)O[Si](C)(C)O[Si](C)(C)O[Si](C)(C)O[Si](C)(C)O[Si](C)(C)O[Si](C)(C)O[Si](C)(C)O[Si](C)(C)O[Si](C)(C)O[Si](C)(C)O[Si](C)(C)O[Si](C)(C)O[Si](C)(C)O[Si](C)(C)O[Si](C)(C)O[Si](C)(C)O[Si](C)(C)O[Si](C)(C)O[Si](C)(C)O[Si](C)(C)O[Si](C)(C)C. The molecule has 0 radical (unpaired) electrons. The first-order valence-electron chi connectivity index (χ1n) is 39.7. The summed E-state index contributed by atoms with van der Waals surface area (Å²) < 4.78 is 186. The van der Waals surface area contributed by atoms with Crippen molar-refractivity contribution in [2.24, 2.45) is 0 Å². The molecule has 0 rings (SSSR count). The Morgan fingerprint density at radius 1 is 0.0982 bits per heavy atom. The molecule has 112 heavy (non-hydrogen) atoms. The van der Waals surface area contributed by atoms with Crippen LogP contribution in [0.25, 0.3) is 0 Å². The van der Waals surface area contributed by atoms with Crippen LogP contribution in [0.3, 0.4) is 0 Å².